The van der Waals surface area contributed by atoms with Crippen molar-refractivity contribution in [2.45, 2.75) is 36.1 Å². The highest BCUT2D eigenvalue weighted by Crippen LogP contribution is 2.39. The lowest BCUT2D eigenvalue weighted by Crippen LogP contribution is -2.47. The van der Waals surface area contributed by atoms with E-state index in [4.69, 9.17) is 0 Å². The quantitative estimate of drug-likeness (QED) is 0.408. The van der Waals surface area contributed by atoms with E-state index in [-0.39, 0.29) is 18.4 Å². The predicted octanol–water partition coefficient (Wildman–Crippen LogP) is 3.07. The van der Waals surface area contributed by atoms with E-state index in [1.54, 1.807) is 11.8 Å². The topological polar surface area (TPSA) is 78.5 Å². The van der Waals surface area contributed by atoms with Gasteiger partial charge >= 0.3 is 6.03 Å². The predicted molar refractivity (Wildman–Crippen MR) is 116 cm³/mol. The Morgan fingerprint density at radius 3 is 2.70 bits per heavy atom. The van der Waals surface area contributed by atoms with Gasteiger partial charge in [0.05, 0.1) is 0 Å². The molecule has 2 aromatic carbocycles. The van der Waals surface area contributed by atoms with Gasteiger partial charge in [-0.05, 0) is 54.7 Å². The highest BCUT2D eigenvalue weighted by molar-refractivity contribution is 7.99. The summed E-state index contributed by atoms with van der Waals surface area (Å²) in [6.45, 7) is 0.261. The monoisotopic (exact) mass is 423 g/mol. The standard InChI is InChI=1S/C23H25N3O3S/c27-20(24-14-7-15-30-18-10-2-1-3-11-18)16-26-21(28)23(25-22(26)29)13-6-9-17-8-4-5-12-19(17)23/h1-5,8,10-12H,6-7,9,13-16H2,(H,24,27)(H,25,29)/t23-/m0/s1. The molecule has 2 aliphatic rings. The molecule has 30 heavy (non-hydrogen) atoms. The van der Waals surface area contributed by atoms with Gasteiger partial charge < -0.3 is 10.6 Å². The fourth-order valence-electron chi connectivity index (χ4n) is 4.16. The molecule has 1 saturated heterocycles. The van der Waals surface area contributed by atoms with Gasteiger partial charge in [-0.3, -0.25) is 14.5 Å². The Bertz CT molecular complexity index is 950. The van der Waals surface area contributed by atoms with Crippen molar-refractivity contribution in [1.29, 1.82) is 0 Å². The molecule has 7 heteroatoms. The largest absolute Gasteiger partial charge is 0.355 e. The fraction of sp³-hybridized carbons (Fsp3) is 0.348. The summed E-state index contributed by atoms with van der Waals surface area (Å²) in [6, 6.07) is 17.3. The second kappa shape index (κ2) is 8.92. The summed E-state index contributed by atoms with van der Waals surface area (Å²) in [5.74, 6) is 0.242. The lowest BCUT2D eigenvalue weighted by molar-refractivity contribution is -0.135. The number of nitrogens with one attached hydrogen (secondary N) is 2. The number of hydrogen-bond donors (Lipinski definition) is 2. The number of carbonyl (C=O) groups is 3. The van der Waals surface area contributed by atoms with Crippen molar-refractivity contribution in [1.82, 2.24) is 15.5 Å². The highest BCUT2D eigenvalue weighted by atomic mass is 32.2. The van der Waals surface area contributed by atoms with Gasteiger partial charge in [-0.25, -0.2) is 4.79 Å². The van der Waals surface area contributed by atoms with Crippen LogP contribution in [0.4, 0.5) is 4.79 Å². The number of urea groups is 1. The molecule has 0 saturated carbocycles. The first-order chi connectivity index (χ1) is 14.6. The molecule has 2 aromatic rings. The van der Waals surface area contributed by atoms with Crippen LogP contribution >= 0.6 is 11.8 Å². The molecule has 2 N–H and O–H groups in total. The third-order valence-electron chi connectivity index (χ3n) is 5.61. The average Bonchev–Trinajstić information content (AvgIpc) is 2.99. The summed E-state index contributed by atoms with van der Waals surface area (Å²) in [6.07, 6.45) is 3.08. The third-order valence-corrected chi connectivity index (χ3v) is 6.71. The maximum absolute atomic E-state index is 13.2. The zero-order chi connectivity index (χ0) is 21.0. The number of thioether (sulfide) groups is 1. The molecule has 0 radical (unpaired) electrons. The molecule has 1 aliphatic carbocycles. The summed E-state index contributed by atoms with van der Waals surface area (Å²) < 4.78 is 0. The third kappa shape index (κ3) is 4.07. The number of imide groups is 1. The van der Waals surface area contributed by atoms with Gasteiger partial charge in [-0.2, -0.15) is 0 Å². The van der Waals surface area contributed by atoms with Crippen molar-refractivity contribution < 1.29 is 14.4 Å². The van der Waals surface area contributed by atoms with Gasteiger partial charge in [0.25, 0.3) is 5.91 Å². The first-order valence-corrected chi connectivity index (χ1v) is 11.3. The molecule has 0 aromatic heterocycles. The summed E-state index contributed by atoms with van der Waals surface area (Å²) in [4.78, 5) is 40.3. The number of aryl methyl sites for hydroxylation is 1. The van der Waals surface area contributed by atoms with Gasteiger partial charge in [-0.1, -0.05) is 42.5 Å². The normalized spacial score (nSPS) is 20.2. The highest BCUT2D eigenvalue weighted by Gasteiger charge is 2.54. The van der Waals surface area contributed by atoms with E-state index in [1.807, 2.05) is 42.5 Å². The number of nitrogens with zero attached hydrogens (tertiary/aromatic N) is 1. The van der Waals surface area contributed by atoms with E-state index >= 15 is 0 Å². The van der Waals surface area contributed by atoms with E-state index in [9.17, 15) is 14.4 Å². The van der Waals surface area contributed by atoms with E-state index in [0.29, 0.717) is 13.0 Å². The lowest BCUT2D eigenvalue weighted by atomic mass is 9.76. The van der Waals surface area contributed by atoms with E-state index in [0.717, 1.165) is 41.0 Å². The number of fused-ring (bicyclic) bond motifs is 2. The Morgan fingerprint density at radius 2 is 1.87 bits per heavy atom. The number of hydrogen-bond acceptors (Lipinski definition) is 4. The van der Waals surface area contributed by atoms with Crippen LogP contribution in [0.25, 0.3) is 0 Å². The lowest BCUT2D eigenvalue weighted by Gasteiger charge is -2.33. The van der Waals surface area contributed by atoms with E-state index < -0.39 is 11.6 Å². The van der Waals surface area contributed by atoms with Gasteiger partial charge in [0, 0.05) is 11.4 Å². The Morgan fingerprint density at radius 1 is 1.10 bits per heavy atom. The van der Waals surface area contributed by atoms with Gasteiger partial charge in [0.15, 0.2) is 0 Å². The number of amides is 4. The van der Waals surface area contributed by atoms with Crippen LogP contribution in [0, 0.1) is 0 Å². The van der Waals surface area contributed by atoms with Crippen LogP contribution in [0.2, 0.25) is 0 Å². The second-order valence-electron chi connectivity index (χ2n) is 7.60. The summed E-state index contributed by atoms with van der Waals surface area (Å²) in [5, 5.41) is 5.70. The van der Waals surface area contributed by atoms with Gasteiger partial charge in [0.1, 0.15) is 12.1 Å². The molecule has 6 nitrogen and oxygen atoms in total. The molecular formula is C23H25N3O3S. The van der Waals surface area contributed by atoms with Crippen molar-refractivity contribution in [2.24, 2.45) is 0 Å². The van der Waals surface area contributed by atoms with Crippen molar-refractivity contribution in [3.05, 3.63) is 65.7 Å². The molecule has 156 valence electrons. The van der Waals surface area contributed by atoms with E-state index in [2.05, 4.69) is 22.8 Å². The van der Waals surface area contributed by atoms with Gasteiger partial charge in [-0.15, -0.1) is 11.8 Å². The molecule has 4 amide bonds. The molecule has 0 bridgehead atoms. The first-order valence-electron chi connectivity index (χ1n) is 10.3. The maximum atomic E-state index is 13.2. The molecule has 1 fully saturated rings. The average molecular weight is 424 g/mol. The zero-order valence-corrected chi connectivity index (χ0v) is 17.5. The van der Waals surface area contributed by atoms with E-state index in [1.165, 1.54) is 4.90 Å². The Kier molecular flexibility index (Phi) is 6.08. The van der Waals surface area contributed by atoms with Crippen LogP contribution in [0.1, 0.15) is 30.4 Å². The maximum Gasteiger partial charge on any atom is 0.325 e. The van der Waals surface area contributed by atoms with Crippen molar-refractivity contribution in [3.63, 3.8) is 0 Å². The Hall–Kier alpha value is -2.80. The van der Waals surface area contributed by atoms with Crippen LogP contribution < -0.4 is 10.6 Å². The summed E-state index contributed by atoms with van der Waals surface area (Å²) in [5.41, 5.74) is 0.911. The minimum atomic E-state index is -1.03. The second-order valence-corrected chi connectivity index (χ2v) is 8.77. The SMILES string of the molecule is O=C(CN1C(=O)N[C@]2(CCCc3ccccc32)C1=O)NCCCSc1ccccc1. The molecule has 1 spiro atoms. The summed E-state index contributed by atoms with van der Waals surface area (Å²) in [7, 11) is 0. The number of benzene rings is 2. The number of carbonyl (C=O) groups excluding carboxylic acids is 3. The molecule has 4 rings (SSSR count). The van der Waals surface area contributed by atoms with Crippen molar-refractivity contribution >= 4 is 29.6 Å². The molecule has 0 unspecified atom stereocenters. The number of rotatable bonds is 7. The Labute approximate surface area is 180 Å². The Balaban J connectivity index is 1.30. The fourth-order valence-corrected chi connectivity index (χ4v) is 5.04. The molecule has 1 atom stereocenters. The van der Waals surface area contributed by atoms with Gasteiger partial charge in [0.2, 0.25) is 5.91 Å². The zero-order valence-electron chi connectivity index (χ0n) is 16.7. The van der Waals surface area contributed by atoms with Crippen molar-refractivity contribution in [2.75, 3.05) is 18.8 Å². The van der Waals surface area contributed by atoms with Crippen LogP contribution in [-0.2, 0) is 21.5 Å². The molecular weight excluding hydrogens is 398 g/mol. The molecule has 1 heterocycles. The van der Waals surface area contributed by atoms with Crippen molar-refractivity contribution in [3.8, 4) is 0 Å². The minimum Gasteiger partial charge on any atom is -0.355 e. The summed E-state index contributed by atoms with van der Waals surface area (Å²) >= 11 is 1.73. The van der Waals surface area contributed by atoms with Crippen LogP contribution in [0.15, 0.2) is 59.5 Å². The van der Waals surface area contributed by atoms with Crippen LogP contribution in [-0.4, -0.2) is 41.6 Å². The minimum absolute atomic E-state index is 0.250. The first kappa shape index (κ1) is 20.5. The molecule has 1 aliphatic heterocycles. The van der Waals surface area contributed by atoms with Crippen LogP contribution in [0.3, 0.4) is 0 Å². The smallest absolute Gasteiger partial charge is 0.325 e. The van der Waals surface area contributed by atoms with Crippen LogP contribution in [0.5, 0.6) is 0 Å².